The van der Waals surface area contributed by atoms with Gasteiger partial charge in [-0.3, -0.25) is 18.3 Å². The van der Waals surface area contributed by atoms with Crippen molar-refractivity contribution in [2.24, 2.45) is 0 Å². The topological polar surface area (TPSA) is 159 Å². The summed E-state index contributed by atoms with van der Waals surface area (Å²) < 4.78 is 23.5. The zero-order valence-corrected chi connectivity index (χ0v) is 79.2. The van der Waals surface area contributed by atoms with Crippen LogP contribution in [0.4, 0.5) is 0 Å². The Bertz CT molecular complexity index is 8180. The van der Waals surface area contributed by atoms with Crippen LogP contribution in [-0.2, 0) is 19.5 Å². The number of fused-ring (bicyclic) bond motifs is 20. The van der Waals surface area contributed by atoms with Crippen molar-refractivity contribution in [1.29, 1.82) is 0 Å². The van der Waals surface area contributed by atoms with E-state index in [1.807, 2.05) is 114 Å². The van der Waals surface area contributed by atoms with E-state index < -0.39 is 0 Å². The molecule has 17 aromatic carbocycles. The number of hydrogen-bond acceptors (Lipinski definition) is 9. The third-order valence-corrected chi connectivity index (χ3v) is 26.3. The predicted molar refractivity (Wildman–Crippen MR) is 550 cm³/mol. The van der Waals surface area contributed by atoms with Crippen LogP contribution >= 0.6 is 0 Å². The van der Waals surface area contributed by atoms with Crippen LogP contribution in [0.3, 0.4) is 0 Å². The predicted octanol–water partition coefficient (Wildman–Crippen LogP) is 27.2. The fraction of sp³-hybridized carbons (Fsp3) is 0. The van der Waals surface area contributed by atoms with Crippen molar-refractivity contribution in [2.45, 2.75) is 0 Å². The second kappa shape index (κ2) is 34.4. The number of phenolic OH excluding ortho intramolecular Hbond substituents is 1. The Morgan fingerprint density at radius 3 is 0.706 bits per heavy atom. The number of aromatic hydroxyl groups is 1. The maximum absolute atomic E-state index is 10.2. The standard InChI is InChI=1S/C42H27N3.C39H24N6.2C18H13N3O.Ga.Zn.H/c1-7-19-37-31(13-1)32-14-2-8-20-38(32)43(37)28-25-29(44-39-21-9-3-15-33(39)34-16-4-10-22-40(34)44)27-30(26-28)45-41-23-11-5-17-35(41)36-18-6-12-24-42(36)45;1-7-19-31-25(13-1)26-14-2-8-20-32(26)43(31)37-40-38(44-33-21-9-3-15-27(33)28-16-4-10-22-34(28)44)42-39(41-37)45-35-23-11-5-17-29(35)30-18-6-12-24-36(30)45;2*22-16-11-5-4-9-14(16)17-20-15-10-6-12-19-18(15)21(17)13-7-2-1-3-8-13;;;/h1-27H;1-24H;2*1-12,22H;;;/q;;;;+1;;/p-1. The molecule has 637 valence electrons. The Morgan fingerprint density at radius 2 is 0.434 bits per heavy atom. The summed E-state index contributed by atoms with van der Waals surface area (Å²) in [5.74, 6) is 4.27. The zero-order valence-electron chi connectivity index (χ0n) is 73.3. The number of imidazole rings is 2. The minimum Gasteiger partial charge on any atom is -0.309 e. The second-order valence-corrected chi connectivity index (χ2v) is 33.8. The van der Waals surface area contributed by atoms with E-state index in [1.165, 1.54) is 65.4 Å². The number of para-hydroxylation sites is 16. The maximum atomic E-state index is 10.2. The summed E-state index contributed by atoms with van der Waals surface area (Å²) in [6.45, 7) is 0. The molecule has 0 aliphatic rings. The number of phenols is 1. The molecule has 11 heterocycles. The van der Waals surface area contributed by atoms with Crippen molar-refractivity contribution in [3.8, 4) is 80.6 Å². The first-order valence-electron chi connectivity index (χ1n) is 44.8. The second-order valence-electron chi connectivity index (χ2n) is 33.2. The molecule has 28 rings (SSSR count). The molecule has 0 aliphatic heterocycles. The molecule has 136 heavy (non-hydrogen) atoms. The van der Waals surface area contributed by atoms with Gasteiger partial charge in [-0.2, -0.15) is 15.0 Å². The number of benzene rings is 17. The molecule has 0 saturated heterocycles. The van der Waals surface area contributed by atoms with Crippen molar-refractivity contribution in [1.82, 2.24) is 71.4 Å². The van der Waals surface area contributed by atoms with Crippen molar-refractivity contribution in [2.75, 3.05) is 0 Å². The van der Waals surface area contributed by atoms with E-state index in [2.05, 4.69) is 368 Å². The van der Waals surface area contributed by atoms with Crippen LogP contribution in [0.5, 0.6) is 11.5 Å². The Labute approximate surface area is 801 Å². The van der Waals surface area contributed by atoms with E-state index in [4.69, 9.17) is 23.5 Å². The first-order chi connectivity index (χ1) is 66.9. The fourth-order valence-corrected chi connectivity index (χ4v) is 20.4. The summed E-state index contributed by atoms with van der Waals surface area (Å²) >= 11 is 0.737. The molecule has 0 spiro atoms. The number of nitrogens with zero attached hydrogens (tertiary/aromatic N) is 15. The molecule has 19 heteroatoms. The molecule has 0 bridgehead atoms. The Kier molecular flexibility index (Phi) is 20.7. The van der Waals surface area contributed by atoms with E-state index >= 15 is 0 Å². The maximum Gasteiger partial charge on any atom is 0.241 e. The van der Waals surface area contributed by atoms with Gasteiger partial charge in [-0.25, -0.2) is 9.97 Å². The summed E-state index contributed by atoms with van der Waals surface area (Å²) in [5, 5.41) is 24.7. The first-order valence-corrected chi connectivity index (χ1v) is 46.0. The molecule has 0 unspecified atom stereocenters. The molecular formula is C117H77GaN15O2Zn. The van der Waals surface area contributed by atoms with Crippen LogP contribution in [-0.4, -0.2) is 95.5 Å². The third kappa shape index (κ3) is 13.8. The van der Waals surface area contributed by atoms with Crippen LogP contribution < -0.4 is 3.53 Å². The van der Waals surface area contributed by atoms with E-state index in [0.717, 1.165) is 152 Å². The van der Waals surface area contributed by atoms with Crippen molar-refractivity contribution in [3.05, 3.63) is 455 Å². The van der Waals surface area contributed by atoms with Crippen molar-refractivity contribution >= 4 is 172 Å². The normalized spacial score (nSPS) is 11.5. The van der Waals surface area contributed by atoms with Gasteiger partial charge in [0.2, 0.25) is 17.8 Å². The van der Waals surface area contributed by atoms with Gasteiger partial charge >= 0.3 is 144 Å². The quantitative estimate of drug-likeness (QED) is 0.124. The zero-order chi connectivity index (χ0) is 89.6. The molecule has 17 nitrogen and oxygen atoms in total. The van der Waals surface area contributed by atoms with Crippen LogP contribution in [0, 0.1) is 0 Å². The van der Waals surface area contributed by atoms with Crippen LogP contribution in [0.1, 0.15) is 0 Å². The summed E-state index contributed by atoms with van der Waals surface area (Å²) in [6.07, 6.45) is 3.54. The van der Waals surface area contributed by atoms with Crippen molar-refractivity contribution in [3.63, 3.8) is 0 Å². The summed E-state index contributed by atoms with van der Waals surface area (Å²) in [6, 6.07) is 153. The number of pyridine rings is 2. The fourth-order valence-electron chi connectivity index (χ4n) is 19.9. The molecule has 0 aliphatic carbocycles. The molecule has 11 aromatic heterocycles. The molecular weight excluding hydrogens is 1780 g/mol. The van der Waals surface area contributed by atoms with Gasteiger partial charge in [0.25, 0.3) is 0 Å². The molecule has 1 radical (unpaired) electrons. The molecule has 28 aromatic rings. The Hall–Kier alpha value is -17.4. The van der Waals surface area contributed by atoms with E-state index in [-0.39, 0.29) is 25.2 Å². The SMILES string of the molecule is Oc1ccccc1-c1nc2cccnc2n1-c1ccccc1.[GaH][O]c1ccccc1-c1nc2cccnc2n1-c1ccccc1.[Zn].c1ccc2c(c1)c1ccccc1n2-c1cc(-n2c3ccccc3c3ccccc32)cc(-n2c3ccccc3c3ccccc32)c1.c1ccc2c(c1)c1ccccc1n2-c1nc(-n2c3ccccc3c3ccccc32)nc(-n2c3ccccc3c3ccccc32)n1. The van der Waals surface area contributed by atoms with Crippen molar-refractivity contribution < 1.29 is 28.1 Å². The van der Waals surface area contributed by atoms with E-state index in [9.17, 15) is 5.11 Å². The summed E-state index contributed by atoms with van der Waals surface area (Å²) in [5.41, 5.74) is 23.8. The molecule has 1 N–H and O–H groups in total. The summed E-state index contributed by atoms with van der Waals surface area (Å²) in [4.78, 5) is 34.3. The first kappa shape index (κ1) is 81.8. The van der Waals surface area contributed by atoms with Crippen LogP contribution in [0.15, 0.2) is 455 Å². The Morgan fingerprint density at radius 1 is 0.206 bits per heavy atom. The van der Waals surface area contributed by atoms with Gasteiger partial charge in [0.15, 0.2) is 11.5 Å². The number of aromatic nitrogens is 15. The average molecular weight is 1860 g/mol. The number of rotatable bonds is 11. The van der Waals surface area contributed by atoms with Gasteiger partial charge in [0.1, 0.15) is 11.3 Å². The monoisotopic (exact) mass is 1860 g/mol. The minimum absolute atomic E-state index is 0. The van der Waals surface area contributed by atoms with Crippen LogP contribution in [0.25, 0.3) is 222 Å². The third-order valence-electron chi connectivity index (χ3n) is 25.6. The summed E-state index contributed by atoms with van der Waals surface area (Å²) in [7, 11) is 0. The van der Waals surface area contributed by atoms with Gasteiger partial charge < -0.3 is 18.8 Å². The molecule has 0 atom stereocenters. The van der Waals surface area contributed by atoms with Gasteiger partial charge in [0, 0.05) is 96.0 Å². The minimum atomic E-state index is 0. The molecule has 0 fully saturated rings. The Balaban J connectivity index is 0.000000104. The molecule has 0 amide bonds. The molecule has 0 saturated carbocycles. The van der Waals surface area contributed by atoms with E-state index in [0.29, 0.717) is 29.2 Å². The average Bonchev–Trinajstić information content (AvgIpc) is 1.58. The van der Waals surface area contributed by atoms with E-state index in [1.54, 1.807) is 24.5 Å². The number of hydrogen-bond donors (Lipinski definition) is 1. The smallest absolute Gasteiger partial charge is 0.241 e. The van der Waals surface area contributed by atoms with Gasteiger partial charge in [-0.15, -0.1) is 0 Å². The van der Waals surface area contributed by atoms with Gasteiger partial charge in [-0.1, -0.05) is 249 Å². The van der Waals surface area contributed by atoms with Gasteiger partial charge in [-0.05, 0) is 127 Å². The van der Waals surface area contributed by atoms with Crippen LogP contribution in [0.2, 0.25) is 0 Å². The van der Waals surface area contributed by atoms with Gasteiger partial charge in [0.05, 0.1) is 88.8 Å². The largest absolute Gasteiger partial charge is 0.309 e.